The standard InChI is InChI=1S/C15H24N2O2S2/c1-9-6-5-7-12(8-9)19-11(3)13(18)17-15-16-10(2)14(20-4)21-15/h9,11-12H,5-8H2,1-4H3,(H,16,17,18). The Morgan fingerprint density at radius 2 is 2.29 bits per heavy atom. The number of hydrogen-bond acceptors (Lipinski definition) is 5. The molecule has 3 atom stereocenters. The number of amides is 1. The van der Waals surface area contributed by atoms with E-state index in [1.165, 1.54) is 24.2 Å². The number of nitrogens with one attached hydrogen (secondary N) is 1. The van der Waals surface area contributed by atoms with Gasteiger partial charge in [0.2, 0.25) is 0 Å². The second-order valence-corrected chi connectivity index (χ2v) is 7.83. The van der Waals surface area contributed by atoms with E-state index in [-0.39, 0.29) is 12.0 Å². The zero-order valence-corrected chi connectivity index (χ0v) is 14.8. The molecule has 4 nitrogen and oxygen atoms in total. The van der Waals surface area contributed by atoms with E-state index in [4.69, 9.17) is 4.74 Å². The number of thiazole rings is 1. The highest BCUT2D eigenvalue weighted by molar-refractivity contribution is 8.00. The van der Waals surface area contributed by atoms with Crippen LogP contribution in [0, 0.1) is 12.8 Å². The average molecular weight is 329 g/mol. The molecule has 1 saturated carbocycles. The van der Waals surface area contributed by atoms with Crippen LogP contribution in [0.1, 0.15) is 45.2 Å². The van der Waals surface area contributed by atoms with Crippen LogP contribution in [-0.4, -0.2) is 29.4 Å². The van der Waals surface area contributed by atoms with Gasteiger partial charge in [0, 0.05) is 0 Å². The van der Waals surface area contributed by atoms with Crippen molar-refractivity contribution in [2.75, 3.05) is 11.6 Å². The van der Waals surface area contributed by atoms with E-state index in [2.05, 4.69) is 17.2 Å². The number of aromatic nitrogens is 1. The molecule has 0 spiro atoms. The molecule has 6 heteroatoms. The minimum Gasteiger partial charge on any atom is -0.365 e. The molecule has 1 fully saturated rings. The van der Waals surface area contributed by atoms with E-state index in [0.29, 0.717) is 11.0 Å². The zero-order valence-electron chi connectivity index (χ0n) is 13.1. The summed E-state index contributed by atoms with van der Waals surface area (Å²) in [6, 6.07) is 0. The Bertz CT molecular complexity index is 490. The van der Waals surface area contributed by atoms with E-state index in [0.717, 1.165) is 22.7 Å². The molecule has 1 heterocycles. The van der Waals surface area contributed by atoms with Crippen LogP contribution in [-0.2, 0) is 9.53 Å². The van der Waals surface area contributed by atoms with E-state index in [1.54, 1.807) is 11.8 Å². The summed E-state index contributed by atoms with van der Waals surface area (Å²) in [5.41, 5.74) is 0.970. The van der Waals surface area contributed by atoms with Crippen LogP contribution in [0.2, 0.25) is 0 Å². The maximum Gasteiger partial charge on any atom is 0.255 e. The van der Waals surface area contributed by atoms with Gasteiger partial charge in [-0.05, 0) is 38.9 Å². The molecule has 0 saturated heterocycles. The zero-order chi connectivity index (χ0) is 15.4. The number of ether oxygens (including phenoxy) is 1. The fourth-order valence-corrected chi connectivity index (χ4v) is 4.30. The van der Waals surface area contributed by atoms with Gasteiger partial charge in [-0.3, -0.25) is 10.1 Å². The van der Waals surface area contributed by atoms with Crippen molar-refractivity contribution in [3.8, 4) is 0 Å². The molecule has 0 aromatic carbocycles. The maximum absolute atomic E-state index is 12.2. The highest BCUT2D eigenvalue weighted by atomic mass is 32.2. The number of rotatable bonds is 5. The molecular formula is C15H24N2O2S2. The molecule has 118 valence electrons. The van der Waals surface area contributed by atoms with E-state index in [1.807, 2.05) is 20.1 Å². The van der Waals surface area contributed by atoms with Crippen molar-refractivity contribution in [1.82, 2.24) is 4.98 Å². The lowest BCUT2D eigenvalue weighted by Crippen LogP contribution is -2.33. The summed E-state index contributed by atoms with van der Waals surface area (Å²) in [6.07, 6.45) is 6.40. The first kappa shape index (κ1) is 16.8. The van der Waals surface area contributed by atoms with Crippen molar-refractivity contribution in [3.63, 3.8) is 0 Å². The predicted octanol–water partition coefficient (Wildman–Crippen LogP) is 4.10. The summed E-state index contributed by atoms with van der Waals surface area (Å²) in [5.74, 6) is 0.597. The van der Waals surface area contributed by atoms with Gasteiger partial charge in [0.15, 0.2) is 5.13 Å². The van der Waals surface area contributed by atoms with Gasteiger partial charge in [-0.1, -0.05) is 31.1 Å². The van der Waals surface area contributed by atoms with Gasteiger partial charge in [-0.25, -0.2) is 4.98 Å². The van der Waals surface area contributed by atoms with Crippen LogP contribution in [0.5, 0.6) is 0 Å². The van der Waals surface area contributed by atoms with Crippen molar-refractivity contribution >= 4 is 34.1 Å². The summed E-state index contributed by atoms with van der Waals surface area (Å²) >= 11 is 3.17. The van der Waals surface area contributed by atoms with Gasteiger partial charge in [0.05, 0.1) is 16.0 Å². The third-order valence-electron chi connectivity index (χ3n) is 3.82. The molecule has 1 amide bonds. The van der Waals surface area contributed by atoms with Crippen LogP contribution in [0.25, 0.3) is 0 Å². The van der Waals surface area contributed by atoms with E-state index in [9.17, 15) is 4.79 Å². The van der Waals surface area contributed by atoms with Crippen LogP contribution < -0.4 is 5.32 Å². The smallest absolute Gasteiger partial charge is 0.255 e. The molecule has 1 aromatic rings. The Morgan fingerprint density at radius 3 is 2.90 bits per heavy atom. The summed E-state index contributed by atoms with van der Waals surface area (Å²) in [7, 11) is 0. The quantitative estimate of drug-likeness (QED) is 0.827. The number of thioether (sulfide) groups is 1. The minimum atomic E-state index is -0.428. The lowest BCUT2D eigenvalue weighted by Gasteiger charge is -2.28. The molecule has 0 bridgehead atoms. The summed E-state index contributed by atoms with van der Waals surface area (Å²) < 4.78 is 7.06. The topological polar surface area (TPSA) is 51.2 Å². The monoisotopic (exact) mass is 328 g/mol. The second kappa shape index (κ2) is 7.61. The molecule has 1 aromatic heterocycles. The molecule has 0 aliphatic heterocycles. The first-order chi connectivity index (χ1) is 9.99. The predicted molar refractivity (Wildman–Crippen MR) is 89.2 cm³/mol. The first-order valence-electron chi connectivity index (χ1n) is 7.47. The largest absolute Gasteiger partial charge is 0.365 e. The van der Waals surface area contributed by atoms with Crippen LogP contribution in [0.4, 0.5) is 5.13 Å². The molecule has 3 unspecified atom stereocenters. The van der Waals surface area contributed by atoms with Gasteiger partial charge in [-0.15, -0.1) is 11.8 Å². The highest BCUT2D eigenvalue weighted by Crippen LogP contribution is 2.30. The number of anilines is 1. The average Bonchev–Trinajstić information content (AvgIpc) is 2.78. The highest BCUT2D eigenvalue weighted by Gasteiger charge is 2.24. The fourth-order valence-electron chi connectivity index (χ4n) is 2.68. The van der Waals surface area contributed by atoms with E-state index < -0.39 is 6.10 Å². The third kappa shape index (κ3) is 4.69. The number of hydrogen-bond donors (Lipinski definition) is 1. The number of aryl methyl sites for hydroxylation is 1. The fraction of sp³-hybridized carbons (Fsp3) is 0.733. The number of carbonyl (C=O) groups is 1. The van der Waals surface area contributed by atoms with Crippen LogP contribution in [0.15, 0.2) is 4.21 Å². The normalized spacial score (nSPS) is 23.8. The Kier molecular flexibility index (Phi) is 6.08. The van der Waals surface area contributed by atoms with Gasteiger partial charge in [-0.2, -0.15) is 0 Å². The van der Waals surface area contributed by atoms with Gasteiger partial charge < -0.3 is 4.74 Å². The lowest BCUT2D eigenvalue weighted by molar-refractivity contribution is -0.131. The van der Waals surface area contributed by atoms with Crippen molar-refractivity contribution in [2.45, 2.75) is 62.9 Å². The molecule has 21 heavy (non-hydrogen) atoms. The van der Waals surface area contributed by atoms with E-state index >= 15 is 0 Å². The first-order valence-corrected chi connectivity index (χ1v) is 9.51. The molecule has 2 rings (SSSR count). The minimum absolute atomic E-state index is 0.102. The van der Waals surface area contributed by atoms with Gasteiger partial charge >= 0.3 is 0 Å². The third-order valence-corrected chi connectivity index (χ3v) is 6.11. The van der Waals surface area contributed by atoms with Crippen molar-refractivity contribution in [2.24, 2.45) is 5.92 Å². The van der Waals surface area contributed by atoms with Crippen molar-refractivity contribution < 1.29 is 9.53 Å². The van der Waals surface area contributed by atoms with Crippen molar-refractivity contribution in [3.05, 3.63) is 5.69 Å². The molecule has 1 aliphatic carbocycles. The van der Waals surface area contributed by atoms with Crippen LogP contribution in [0.3, 0.4) is 0 Å². The molecule has 1 aliphatic rings. The molecule has 1 N–H and O–H groups in total. The summed E-state index contributed by atoms with van der Waals surface area (Å²) in [4.78, 5) is 16.6. The van der Waals surface area contributed by atoms with Crippen molar-refractivity contribution in [1.29, 1.82) is 0 Å². The maximum atomic E-state index is 12.2. The Morgan fingerprint density at radius 1 is 1.52 bits per heavy atom. The molecular weight excluding hydrogens is 304 g/mol. The lowest BCUT2D eigenvalue weighted by atomic mass is 9.88. The number of carbonyl (C=O) groups excluding carboxylic acids is 1. The summed E-state index contributed by atoms with van der Waals surface area (Å²) in [6.45, 7) is 6.04. The molecule has 0 radical (unpaired) electrons. The Hall–Kier alpha value is -0.590. The van der Waals surface area contributed by atoms with Crippen LogP contribution >= 0.6 is 23.1 Å². The second-order valence-electron chi connectivity index (χ2n) is 5.76. The SMILES string of the molecule is CSc1sc(NC(=O)C(C)OC2CCCC(C)C2)nc1C. The number of nitrogens with zero attached hydrogens (tertiary/aromatic N) is 1. The Labute approximate surface area is 135 Å². The Balaban J connectivity index is 1.86. The van der Waals surface area contributed by atoms with Gasteiger partial charge in [0.25, 0.3) is 5.91 Å². The van der Waals surface area contributed by atoms with Gasteiger partial charge in [0.1, 0.15) is 6.10 Å². The summed E-state index contributed by atoms with van der Waals surface area (Å²) in [5, 5.41) is 3.53.